The monoisotopic (exact) mass is 374 g/mol. The molecule has 0 amide bonds. The van der Waals surface area contributed by atoms with Crippen LogP contribution >= 0.6 is 0 Å². The van der Waals surface area contributed by atoms with Gasteiger partial charge in [-0.3, -0.25) is 0 Å². The summed E-state index contributed by atoms with van der Waals surface area (Å²) in [7, 11) is 0. The summed E-state index contributed by atoms with van der Waals surface area (Å²) in [6.45, 7) is 18.4. The molecule has 0 aromatic rings. The summed E-state index contributed by atoms with van der Waals surface area (Å²) in [5.74, 6) is 2.88. The second kappa shape index (κ2) is 10.6. The molecule has 4 heteroatoms. The van der Waals surface area contributed by atoms with Gasteiger partial charge in [-0.1, -0.05) is 58.8 Å². The van der Waals surface area contributed by atoms with Gasteiger partial charge in [0, 0.05) is 25.1 Å². The molecule has 2 aliphatic rings. The molecule has 2 unspecified atom stereocenters. The molecule has 152 valence electrons. The number of hydrogen-bond acceptors (Lipinski definition) is 4. The molecule has 0 aromatic carbocycles. The van der Waals surface area contributed by atoms with E-state index in [2.05, 4.69) is 51.6 Å². The summed E-state index contributed by atoms with van der Waals surface area (Å²) >= 11 is 0. The Kier molecular flexibility index (Phi) is 8.49. The zero-order valence-electron chi connectivity index (χ0n) is 17.9. The lowest BCUT2D eigenvalue weighted by Gasteiger charge is -2.25. The van der Waals surface area contributed by atoms with Gasteiger partial charge < -0.3 is 14.9 Å². The van der Waals surface area contributed by atoms with Gasteiger partial charge in [-0.2, -0.15) is 0 Å². The fourth-order valence-electron chi connectivity index (χ4n) is 3.54. The first-order chi connectivity index (χ1) is 13.0. The summed E-state index contributed by atoms with van der Waals surface area (Å²) in [6, 6.07) is 0. The highest BCUT2D eigenvalue weighted by atomic mass is 16.6. The maximum atomic E-state index is 5.90. The van der Waals surface area contributed by atoms with E-state index in [1.807, 2.05) is 12.2 Å². The smallest absolute Gasteiger partial charge is 0.159 e. The number of hydrogen-bond donors (Lipinski definition) is 1. The Morgan fingerprint density at radius 3 is 2.44 bits per heavy atom. The second-order valence-corrected chi connectivity index (χ2v) is 7.78. The largest absolute Gasteiger partial charge is 0.490 e. The van der Waals surface area contributed by atoms with Crippen LogP contribution in [0, 0.1) is 11.8 Å². The average molecular weight is 375 g/mol. The Morgan fingerprint density at radius 2 is 1.81 bits per heavy atom. The highest BCUT2D eigenvalue weighted by Gasteiger charge is 2.23. The van der Waals surface area contributed by atoms with Crippen molar-refractivity contribution in [1.82, 2.24) is 10.4 Å². The maximum absolute atomic E-state index is 5.90. The lowest BCUT2D eigenvalue weighted by atomic mass is 9.96. The van der Waals surface area contributed by atoms with Crippen molar-refractivity contribution in [1.29, 1.82) is 0 Å². The van der Waals surface area contributed by atoms with Crippen LogP contribution in [0.1, 0.15) is 60.3 Å². The molecule has 2 atom stereocenters. The van der Waals surface area contributed by atoms with Crippen molar-refractivity contribution in [2.45, 2.75) is 60.3 Å². The molecule has 2 heterocycles. The van der Waals surface area contributed by atoms with E-state index >= 15 is 0 Å². The SMILES string of the molecule is C=C/C(=C\C1=C(C(C)CC)OCCO1)NN1CC(CC)=C(CC(C)CC)C1. The van der Waals surface area contributed by atoms with Crippen molar-refractivity contribution in [3.8, 4) is 0 Å². The number of hydrazine groups is 1. The van der Waals surface area contributed by atoms with Crippen molar-refractivity contribution in [3.63, 3.8) is 0 Å². The number of nitrogens with zero attached hydrogens (tertiary/aromatic N) is 1. The minimum Gasteiger partial charge on any atom is -0.490 e. The van der Waals surface area contributed by atoms with E-state index in [4.69, 9.17) is 9.47 Å². The highest BCUT2D eigenvalue weighted by molar-refractivity contribution is 5.29. The van der Waals surface area contributed by atoms with Crippen LogP contribution in [0.15, 0.2) is 47.1 Å². The Morgan fingerprint density at radius 1 is 1.11 bits per heavy atom. The van der Waals surface area contributed by atoms with E-state index in [1.54, 1.807) is 11.1 Å². The van der Waals surface area contributed by atoms with Crippen LogP contribution in [-0.4, -0.2) is 31.3 Å². The summed E-state index contributed by atoms with van der Waals surface area (Å²) in [5, 5.41) is 2.29. The maximum Gasteiger partial charge on any atom is 0.159 e. The zero-order valence-corrected chi connectivity index (χ0v) is 17.9. The van der Waals surface area contributed by atoms with Crippen LogP contribution in [0.3, 0.4) is 0 Å². The lowest BCUT2D eigenvalue weighted by molar-refractivity contribution is 0.0530. The molecule has 1 N–H and O–H groups in total. The number of ether oxygens (including phenoxy) is 2. The molecular formula is C23H38N2O2. The van der Waals surface area contributed by atoms with Gasteiger partial charge in [-0.25, -0.2) is 5.01 Å². The molecular weight excluding hydrogens is 336 g/mol. The van der Waals surface area contributed by atoms with Crippen molar-refractivity contribution in [2.75, 3.05) is 26.3 Å². The zero-order chi connectivity index (χ0) is 19.8. The molecule has 0 bridgehead atoms. The first-order valence-corrected chi connectivity index (χ1v) is 10.6. The van der Waals surface area contributed by atoms with Crippen LogP contribution in [-0.2, 0) is 9.47 Å². The average Bonchev–Trinajstić information content (AvgIpc) is 3.08. The quantitative estimate of drug-likeness (QED) is 0.414. The molecule has 0 spiro atoms. The summed E-state index contributed by atoms with van der Waals surface area (Å²) < 4.78 is 11.8. The van der Waals surface area contributed by atoms with Gasteiger partial charge in [0.15, 0.2) is 5.76 Å². The Labute approximate surface area is 166 Å². The van der Waals surface area contributed by atoms with Crippen LogP contribution in [0.25, 0.3) is 0 Å². The Hall–Kier alpha value is -1.68. The molecule has 2 aliphatic heterocycles. The molecule has 4 nitrogen and oxygen atoms in total. The predicted octanol–water partition coefficient (Wildman–Crippen LogP) is 5.32. The third-order valence-electron chi connectivity index (χ3n) is 5.68. The number of allylic oxidation sites excluding steroid dienone is 3. The van der Waals surface area contributed by atoms with Gasteiger partial charge >= 0.3 is 0 Å². The highest BCUT2D eigenvalue weighted by Crippen LogP contribution is 2.27. The Balaban J connectivity index is 2.10. The lowest BCUT2D eigenvalue weighted by Crippen LogP contribution is -2.36. The van der Waals surface area contributed by atoms with Crippen LogP contribution in [0.4, 0.5) is 0 Å². The predicted molar refractivity (Wildman–Crippen MR) is 113 cm³/mol. The third-order valence-corrected chi connectivity index (χ3v) is 5.68. The number of nitrogens with one attached hydrogen (secondary N) is 1. The van der Waals surface area contributed by atoms with Gasteiger partial charge in [0.05, 0.1) is 5.70 Å². The second-order valence-electron chi connectivity index (χ2n) is 7.78. The molecule has 0 saturated heterocycles. The molecule has 2 rings (SSSR count). The fraction of sp³-hybridized carbons (Fsp3) is 0.652. The van der Waals surface area contributed by atoms with Crippen LogP contribution in [0.5, 0.6) is 0 Å². The van der Waals surface area contributed by atoms with Gasteiger partial charge in [0.25, 0.3) is 0 Å². The van der Waals surface area contributed by atoms with E-state index in [1.165, 1.54) is 12.8 Å². The van der Waals surface area contributed by atoms with Crippen molar-refractivity contribution in [3.05, 3.63) is 47.1 Å². The molecule has 27 heavy (non-hydrogen) atoms. The standard InChI is InChI=1S/C23H38N2O2/c1-7-17(5)13-20-16-25(15-19(20)9-3)24-21(10-4)14-22-23(18(6)8-2)27-12-11-26-22/h10,14,17-18,24H,4,7-9,11-13,15-16H2,1-3,5-6H3/b21-14+. The fourth-order valence-corrected chi connectivity index (χ4v) is 3.54. The first-order valence-electron chi connectivity index (χ1n) is 10.6. The first kappa shape index (κ1) is 21.6. The third kappa shape index (κ3) is 5.90. The van der Waals surface area contributed by atoms with Crippen LogP contribution in [0.2, 0.25) is 0 Å². The molecule has 0 aliphatic carbocycles. The van der Waals surface area contributed by atoms with E-state index in [9.17, 15) is 0 Å². The van der Waals surface area contributed by atoms with Crippen LogP contribution < -0.4 is 5.43 Å². The van der Waals surface area contributed by atoms with Crippen molar-refractivity contribution >= 4 is 0 Å². The van der Waals surface area contributed by atoms with E-state index in [0.717, 1.165) is 49.1 Å². The normalized spacial score (nSPS) is 21.0. The minimum atomic E-state index is 0.352. The van der Waals surface area contributed by atoms with Gasteiger partial charge in [-0.15, -0.1) is 0 Å². The molecule has 0 aromatic heterocycles. The number of rotatable bonds is 10. The van der Waals surface area contributed by atoms with Gasteiger partial charge in [0.2, 0.25) is 0 Å². The molecule has 0 saturated carbocycles. The van der Waals surface area contributed by atoms with E-state index in [0.29, 0.717) is 19.1 Å². The molecule has 0 radical (unpaired) electrons. The minimum absolute atomic E-state index is 0.352. The topological polar surface area (TPSA) is 33.7 Å². The summed E-state index contributed by atoms with van der Waals surface area (Å²) in [6.07, 6.45) is 8.48. The van der Waals surface area contributed by atoms with Gasteiger partial charge in [0.1, 0.15) is 19.0 Å². The Bertz CT molecular complexity index is 603. The molecule has 0 fully saturated rings. The van der Waals surface area contributed by atoms with Gasteiger partial charge in [-0.05, 0) is 31.3 Å². The van der Waals surface area contributed by atoms with E-state index in [-0.39, 0.29) is 0 Å². The summed E-state index contributed by atoms with van der Waals surface area (Å²) in [4.78, 5) is 0. The summed E-state index contributed by atoms with van der Waals surface area (Å²) in [5.41, 5.74) is 7.67. The van der Waals surface area contributed by atoms with E-state index < -0.39 is 0 Å². The van der Waals surface area contributed by atoms with Crippen molar-refractivity contribution in [2.24, 2.45) is 11.8 Å². The van der Waals surface area contributed by atoms with Crippen molar-refractivity contribution < 1.29 is 9.47 Å².